The van der Waals surface area contributed by atoms with Crippen LogP contribution in [0.4, 0.5) is 0 Å². The molecule has 0 unspecified atom stereocenters. The Kier molecular flexibility index (Phi) is 6.37. The summed E-state index contributed by atoms with van der Waals surface area (Å²) >= 11 is 0. The molecule has 19 heavy (non-hydrogen) atoms. The first-order chi connectivity index (χ1) is 9.20. The summed E-state index contributed by atoms with van der Waals surface area (Å²) in [6.07, 6.45) is 0.941. The molecular formula is C17H20O2. The normalized spacial score (nSPS) is 9.21. The van der Waals surface area contributed by atoms with Crippen LogP contribution in [-0.4, -0.2) is 13.1 Å². The van der Waals surface area contributed by atoms with Gasteiger partial charge in [0.2, 0.25) is 0 Å². The number of carbonyl (C=O) groups is 1. The van der Waals surface area contributed by atoms with Gasteiger partial charge in [-0.3, -0.25) is 0 Å². The van der Waals surface area contributed by atoms with Gasteiger partial charge < -0.3 is 4.74 Å². The number of ether oxygens (including phenoxy) is 1. The van der Waals surface area contributed by atoms with E-state index in [1.807, 2.05) is 55.5 Å². The van der Waals surface area contributed by atoms with E-state index in [1.165, 1.54) is 12.7 Å². The zero-order valence-corrected chi connectivity index (χ0v) is 11.7. The molecule has 0 aliphatic heterocycles. The molecule has 0 amide bonds. The minimum atomic E-state index is -0.257. The summed E-state index contributed by atoms with van der Waals surface area (Å²) in [6.45, 7) is 4.02. The molecule has 0 aliphatic rings. The van der Waals surface area contributed by atoms with Crippen LogP contribution in [0, 0.1) is 6.92 Å². The Morgan fingerprint density at radius 1 is 1.00 bits per heavy atom. The van der Waals surface area contributed by atoms with Crippen molar-refractivity contribution < 1.29 is 9.53 Å². The number of aryl methyl sites for hydroxylation is 1. The maximum Gasteiger partial charge on any atom is 0.338 e. The lowest BCUT2D eigenvalue weighted by Gasteiger charge is -2.07. The molecule has 2 aromatic carbocycles. The fraction of sp³-hybridized carbons (Fsp3) is 0.235. The first kappa shape index (κ1) is 15.0. The average molecular weight is 256 g/mol. The fourth-order valence-electron chi connectivity index (χ4n) is 1.78. The number of rotatable bonds is 2. The second-order valence-electron chi connectivity index (χ2n) is 4.09. The SMILES string of the molecule is CCc1cccc(C(=O)OC)c1C.c1ccccc1. The van der Waals surface area contributed by atoms with Crippen molar-refractivity contribution in [1.82, 2.24) is 0 Å². The Balaban J connectivity index is 0.000000250. The third kappa shape index (κ3) is 4.59. The predicted octanol–water partition coefficient (Wildman–Crippen LogP) is 4.03. The van der Waals surface area contributed by atoms with Crippen molar-refractivity contribution in [2.45, 2.75) is 20.3 Å². The lowest BCUT2D eigenvalue weighted by molar-refractivity contribution is 0.0600. The van der Waals surface area contributed by atoms with Gasteiger partial charge >= 0.3 is 5.97 Å². The summed E-state index contributed by atoms with van der Waals surface area (Å²) < 4.78 is 4.68. The summed E-state index contributed by atoms with van der Waals surface area (Å²) in [6, 6.07) is 17.7. The van der Waals surface area contributed by atoms with Crippen molar-refractivity contribution >= 4 is 5.97 Å². The van der Waals surface area contributed by atoms with Crippen LogP contribution in [0.25, 0.3) is 0 Å². The van der Waals surface area contributed by atoms with Gasteiger partial charge in [-0.25, -0.2) is 4.79 Å². The van der Waals surface area contributed by atoms with E-state index in [4.69, 9.17) is 0 Å². The number of benzene rings is 2. The molecule has 0 bridgehead atoms. The average Bonchev–Trinajstić information content (AvgIpc) is 2.49. The van der Waals surface area contributed by atoms with E-state index in [9.17, 15) is 4.79 Å². The van der Waals surface area contributed by atoms with E-state index in [2.05, 4.69) is 11.7 Å². The minimum Gasteiger partial charge on any atom is -0.465 e. The third-order valence-corrected chi connectivity index (χ3v) is 2.90. The van der Waals surface area contributed by atoms with Gasteiger partial charge in [0.15, 0.2) is 0 Å². The van der Waals surface area contributed by atoms with Gasteiger partial charge in [0.25, 0.3) is 0 Å². The molecule has 0 saturated carbocycles. The maximum absolute atomic E-state index is 11.3. The molecular weight excluding hydrogens is 236 g/mol. The Morgan fingerprint density at radius 3 is 1.95 bits per heavy atom. The van der Waals surface area contributed by atoms with Crippen molar-refractivity contribution in [2.24, 2.45) is 0 Å². The molecule has 0 aromatic heterocycles. The first-order valence-electron chi connectivity index (χ1n) is 6.37. The van der Waals surface area contributed by atoms with E-state index in [0.29, 0.717) is 5.56 Å². The summed E-state index contributed by atoms with van der Waals surface area (Å²) in [5.74, 6) is -0.257. The van der Waals surface area contributed by atoms with Crippen LogP contribution < -0.4 is 0 Å². The monoisotopic (exact) mass is 256 g/mol. The highest BCUT2D eigenvalue weighted by molar-refractivity contribution is 5.91. The van der Waals surface area contributed by atoms with E-state index in [1.54, 1.807) is 6.07 Å². The zero-order chi connectivity index (χ0) is 14.1. The molecule has 2 rings (SSSR count). The summed E-state index contributed by atoms with van der Waals surface area (Å²) in [4.78, 5) is 11.3. The molecule has 100 valence electrons. The molecule has 0 saturated heterocycles. The van der Waals surface area contributed by atoms with E-state index >= 15 is 0 Å². The molecule has 0 N–H and O–H groups in total. The van der Waals surface area contributed by atoms with Gasteiger partial charge in [0, 0.05) is 0 Å². The highest BCUT2D eigenvalue weighted by Gasteiger charge is 2.09. The van der Waals surface area contributed by atoms with E-state index in [-0.39, 0.29) is 5.97 Å². The summed E-state index contributed by atoms with van der Waals surface area (Å²) in [5.41, 5.74) is 2.89. The second-order valence-corrected chi connectivity index (χ2v) is 4.09. The molecule has 2 heteroatoms. The highest BCUT2D eigenvalue weighted by atomic mass is 16.5. The lowest BCUT2D eigenvalue weighted by atomic mass is 10.0. The molecule has 0 heterocycles. The molecule has 2 aromatic rings. The Bertz CT molecular complexity index is 477. The Labute approximate surface area is 115 Å². The summed E-state index contributed by atoms with van der Waals surface area (Å²) in [5, 5.41) is 0. The highest BCUT2D eigenvalue weighted by Crippen LogP contribution is 2.14. The number of carbonyl (C=O) groups excluding carboxylic acids is 1. The van der Waals surface area contributed by atoms with E-state index < -0.39 is 0 Å². The van der Waals surface area contributed by atoms with Crippen LogP contribution in [0.2, 0.25) is 0 Å². The molecule has 0 aliphatic carbocycles. The van der Waals surface area contributed by atoms with Gasteiger partial charge in [0.05, 0.1) is 12.7 Å². The zero-order valence-electron chi connectivity index (χ0n) is 11.7. The van der Waals surface area contributed by atoms with Crippen LogP contribution in [0.15, 0.2) is 54.6 Å². The Morgan fingerprint density at radius 2 is 1.53 bits per heavy atom. The van der Waals surface area contributed by atoms with Crippen LogP contribution in [0.3, 0.4) is 0 Å². The van der Waals surface area contributed by atoms with Crippen LogP contribution in [-0.2, 0) is 11.2 Å². The van der Waals surface area contributed by atoms with Crippen molar-refractivity contribution in [3.05, 3.63) is 71.3 Å². The van der Waals surface area contributed by atoms with Crippen LogP contribution >= 0.6 is 0 Å². The predicted molar refractivity (Wildman–Crippen MR) is 78.3 cm³/mol. The Hall–Kier alpha value is -2.09. The van der Waals surface area contributed by atoms with Crippen molar-refractivity contribution in [1.29, 1.82) is 0 Å². The van der Waals surface area contributed by atoms with Gasteiger partial charge in [0.1, 0.15) is 0 Å². The van der Waals surface area contributed by atoms with Gasteiger partial charge in [-0.05, 0) is 30.5 Å². The van der Waals surface area contributed by atoms with Gasteiger partial charge in [-0.2, -0.15) is 0 Å². The standard InChI is InChI=1S/C11H14O2.C6H6/c1-4-9-6-5-7-10(8(9)2)11(12)13-3;1-2-4-6-5-3-1/h5-7H,4H2,1-3H3;1-6H. The third-order valence-electron chi connectivity index (χ3n) is 2.90. The minimum absolute atomic E-state index is 0.257. The van der Waals surface area contributed by atoms with Crippen molar-refractivity contribution in [3.63, 3.8) is 0 Å². The summed E-state index contributed by atoms with van der Waals surface area (Å²) in [7, 11) is 1.40. The van der Waals surface area contributed by atoms with Crippen LogP contribution in [0.5, 0.6) is 0 Å². The number of esters is 1. The van der Waals surface area contributed by atoms with Crippen molar-refractivity contribution in [2.75, 3.05) is 7.11 Å². The van der Waals surface area contributed by atoms with Gasteiger partial charge in [-0.15, -0.1) is 0 Å². The van der Waals surface area contributed by atoms with E-state index in [0.717, 1.165) is 12.0 Å². The van der Waals surface area contributed by atoms with Crippen LogP contribution in [0.1, 0.15) is 28.4 Å². The topological polar surface area (TPSA) is 26.3 Å². The number of hydrogen-bond acceptors (Lipinski definition) is 2. The lowest BCUT2D eigenvalue weighted by Crippen LogP contribution is -2.05. The second kappa shape index (κ2) is 8.09. The molecule has 0 fully saturated rings. The fourth-order valence-corrected chi connectivity index (χ4v) is 1.78. The van der Waals surface area contributed by atoms with Gasteiger partial charge in [-0.1, -0.05) is 55.5 Å². The quantitative estimate of drug-likeness (QED) is 0.758. The largest absolute Gasteiger partial charge is 0.465 e. The molecule has 0 spiro atoms. The maximum atomic E-state index is 11.3. The van der Waals surface area contributed by atoms with Crippen molar-refractivity contribution in [3.8, 4) is 0 Å². The molecule has 0 atom stereocenters. The molecule has 0 radical (unpaired) electrons. The molecule has 2 nitrogen and oxygen atoms in total. The number of hydrogen-bond donors (Lipinski definition) is 0. The first-order valence-corrected chi connectivity index (χ1v) is 6.37. The smallest absolute Gasteiger partial charge is 0.338 e. The number of methoxy groups -OCH3 is 1.